The zero-order valence-corrected chi connectivity index (χ0v) is 14.7. The van der Waals surface area contributed by atoms with Crippen LogP contribution in [-0.2, 0) is 0 Å². The summed E-state index contributed by atoms with van der Waals surface area (Å²) in [5.41, 5.74) is 0. The fourth-order valence-electron chi connectivity index (χ4n) is 3.02. The zero-order chi connectivity index (χ0) is 15.1. The van der Waals surface area contributed by atoms with Crippen molar-refractivity contribution >= 4 is 0 Å². The van der Waals surface area contributed by atoms with Gasteiger partial charge in [0.25, 0.3) is 0 Å². The van der Waals surface area contributed by atoms with Gasteiger partial charge in [-0.15, -0.1) is 0 Å². The second-order valence-corrected chi connectivity index (χ2v) is 7.65. The number of hydrogen-bond acceptors (Lipinski definition) is 3. The molecule has 20 heavy (non-hydrogen) atoms. The molecule has 1 saturated carbocycles. The Morgan fingerprint density at radius 1 is 1.00 bits per heavy atom. The third-order valence-electron chi connectivity index (χ3n) is 4.24. The van der Waals surface area contributed by atoms with Gasteiger partial charge in [0.05, 0.1) is 0 Å². The normalized spacial score (nSPS) is 23.1. The Bertz CT molecular complexity index is 251. The van der Waals surface area contributed by atoms with Crippen molar-refractivity contribution < 1.29 is 0 Å². The van der Waals surface area contributed by atoms with E-state index < -0.39 is 0 Å². The van der Waals surface area contributed by atoms with Gasteiger partial charge in [0, 0.05) is 25.7 Å². The summed E-state index contributed by atoms with van der Waals surface area (Å²) in [6, 6.07) is 0.817. The second kappa shape index (κ2) is 9.01. The lowest BCUT2D eigenvalue weighted by Crippen LogP contribution is -2.53. The molecule has 1 aliphatic carbocycles. The van der Waals surface area contributed by atoms with Crippen molar-refractivity contribution in [3.8, 4) is 0 Å². The number of likely N-dealkylation sites (N-methyl/N-ethyl adjacent to an activating group) is 1. The highest BCUT2D eigenvalue weighted by Gasteiger charge is 2.35. The van der Waals surface area contributed by atoms with Gasteiger partial charge >= 0.3 is 0 Å². The molecule has 0 amide bonds. The fourth-order valence-corrected chi connectivity index (χ4v) is 3.02. The molecular weight excluding hydrogens is 246 g/mol. The Balaban J connectivity index is 2.39. The highest BCUT2D eigenvalue weighted by atomic mass is 15.2. The van der Waals surface area contributed by atoms with E-state index in [4.69, 9.17) is 0 Å². The van der Waals surface area contributed by atoms with E-state index in [0.29, 0.717) is 0 Å². The number of nitrogens with zero attached hydrogens (tertiary/aromatic N) is 2. The van der Waals surface area contributed by atoms with E-state index in [2.05, 4.69) is 56.9 Å². The molecule has 0 bridgehead atoms. The Hall–Kier alpha value is -0.120. The molecule has 1 aliphatic rings. The molecule has 0 heterocycles. The SMILES string of the molecule is CC(C)CNCC1CCC1N(CCN(C)C)CC(C)C. The van der Waals surface area contributed by atoms with Gasteiger partial charge in [0.1, 0.15) is 0 Å². The van der Waals surface area contributed by atoms with Gasteiger partial charge in [-0.1, -0.05) is 27.7 Å². The van der Waals surface area contributed by atoms with Crippen LogP contribution in [-0.4, -0.2) is 62.7 Å². The van der Waals surface area contributed by atoms with E-state index in [1.807, 2.05) is 0 Å². The van der Waals surface area contributed by atoms with E-state index in [1.165, 1.54) is 39.0 Å². The molecule has 0 aromatic rings. The van der Waals surface area contributed by atoms with E-state index >= 15 is 0 Å². The van der Waals surface area contributed by atoms with Crippen molar-refractivity contribution in [1.82, 2.24) is 15.1 Å². The maximum atomic E-state index is 3.65. The van der Waals surface area contributed by atoms with Crippen LogP contribution in [0.2, 0.25) is 0 Å². The summed E-state index contributed by atoms with van der Waals surface area (Å²) >= 11 is 0. The minimum Gasteiger partial charge on any atom is -0.316 e. The largest absolute Gasteiger partial charge is 0.316 e. The lowest BCUT2D eigenvalue weighted by molar-refractivity contribution is 0.0475. The van der Waals surface area contributed by atoms with Crippen molar-refractivity contribution in [2.45, 2.75) is 46.6 Å². The van der Waals surface area contributed by atoms with Gasteiger partial charge in [0.15, 0.2) is 0 Å². The molecule has 1 rings (SSSR count). The molecular formula is C17H37N3. The van der Waals surface area contributed by atoms with Crippen molar-refractivity contribution in [2.24, 2.45) is 17.8 Å². The molecule has 1 fully saturated rings. The summed E-state index contributed by atoms with van der Waals surface area (Å²) in [5, 5.41) is 3.65. The molecule has 0 spiro atoms. The minimum atomic E-state index is 0.758. The minimum absolute atomic E-state index is 0.758. The van der Waals surface area contributed by atoms with Crippen LogP contribution >= 0.6 is 0 Å². The maximum absolute atomic E-state index is 3.65. The lowest BCUT2D eigenvalue weighted by Gasteiger charge is -2.45. The monoisotopic (exact) mass is 283 g/mol. The first kappa shape index (κ1) is 17.9. The number of nitrogens with one attached hydrogen (secondary N) is 1. The van der Waals surface area contributed by atoms with Crippen molar-refractivity contribution in [1.29, 1.82) is 0 Å². The van der Waals surface area contributed by atoms with E-state index in [9.17, 15) is 0 Å². The Morgan fingerprint density at radius 3 is 2.15 bits per heavy atom. The van der Waals surface area contributed by atoms with Crippen LogP contribution < -0.4 is 5.32 Å². The third kappa shape index (κ3) is 6.55. The average Bonchev–Trinajstić information content (AvgIpc) is 2.29. The van der Waals surface area contributed by atoms with Crippen LogP contribution in [0.25, 0.3) is 0 Å². The molecule has 0 saturated heterocycles. The van der Waals surface area contributed by atoms with E-state index in [1.54, 1.807) is 0 Å². The van der Waals surface area contributed by atoms with Gasteiger partial charge in [-0.05, 0) is 57.8 Å². The van der Waals surface area contributed by atoms with Crippen molar-refractivity contribution in [2.75, 3.05) is 46.8 Å². The molecule has 2 atom stereocenters. The van der Waals surface area contributed by atoms with Crippen LogP contribution in [0.15, 0.2) is 0 Å². The van der Waals surface area contributed by atoms with Gasteiger partial charge in [0.2, 0.25) is 0 Å². The first-order valence-corrected chi connectivity index (χ1v) is 8.49. The smallest absolute Gasteiger partial charge is 0.0136 e. The molecule has 0 radical (unpaired) electrons. The van der Waals surface area contributed by atoms with Gasteiger partial charge in [-0.2, -0.15) is 0 Å². The van der Waals surface area contributed by atoms with Crippen LogP contribution in [0.4, 0.5) is 0 Å². The molecule has 120 valence electrons. The average molecular weight is 284 g/mol. The summed E-state index contributed by atoms with van der Waals surface area (Å²) in [6.07, 6.45) is 2.81. The fraction of sp³-hybridized carbons (Fsp3) is 1.00. The highest BCUT2D eigenvalue weighted by molar-refractivity contribution is 4.90. The van der Waals surface area contributed by atoms with Gasteiger partial charge in [-0.25, -0.2) is 0 Å². The maximum Gasteiger partial charge on any atom is 0.0136 e. The summed E-state index contributed by atoms with van der Waals surface area (Å²) in [7, 11) is 4.35. The topological polar surface area (TPSA) is 18.5 Å². The predicted octanol–water partition coefficient (Wildman–Crippen LogP) is 2.53. The third-order valence-corrected chi connectivity index (χ3v) is 4.24. The van der Waals surface area contributed by atoms with E-state index in [-0.39, 0.29) is 0 Å². The lowest BCUT2D eigenvalue weighted by atomic mass is 9.78. The Kier molecular flexibility index (Phi) is 8.08. The standard InChI is InChI=1S/C17H37N3/c1-14(2)11-18-12-16-7-8-17(16)20(13-15(3)4)10-9-19(5)6/h14-18H,7-13H2,1-6H3. The molecule has 1 N–H and O–H groups in total. The van der Waals surface area contributed by atoms with Crippen LogP contribution in [0.5, 0.6) is 0 Å². The van der Waals surface area contributed by atoms with Gasteiger partial charge < -0.3 is 10.2 Å². The summed E-state index contributed by atoms with van der Waals surface area (Å²) in [5.74, 6) is 2.39. The number of rotatable bonds is 10. The second-order valence-electron chi connectivity index (χ2n) is 7.65. The Labute approximate surface area is 127 Å². The molecule has 0 aromatic heterocycles. The van der Waals surface area contributed by atoms with E-state index in [0.717, 1.165) is 30.3 Å². The molecule has 0 aliphatic heterocycles. The zero-order valence-electron chi connectivity index (χ0n) is 14.7. The summed E-state index contributed by atoms with van der Waals surface area (Å²) in [6.45, 7) is 15.3. The molecule has 0 aromatic carbocycles. The first-order chi connectivity index (χ1) is 9.40. The predicted molar refractivity (Wildman–Crippen MR) is 89.2 cm³/mol. The van der Waals surface area contributed by atoms with Crippen molar-refractivity contribution in [3.63, 3.8) is 0 Å². The van der Waals surface area contributed by atoms with Crippen LogP contribution in [0.3, 0.4) is 0 Å². The number of hydrogen-bond donors (Lipinski definition) is 1. The molecule has 2 unspecified atom stereocenters. The quantitative estimate of drug-likeness (QED) is 0.665. The first-order valence-electron chi connectivity index (χ1n) is 8.49. The summed E-state index contributed by atoms with van der Waals surface area (Å²) in [4.78, 5) is 5.05. The highest BCUT2D eigenvalue weighted by Crippen LogP contribution is 2.32. The summed E-state index contributed by atoms with van der Waals surface area (Å²) < 4.78 is 0. The van der Waals surface area contributed by atoms with Crippen LogP contribution in [0.1, 0.15) is 40.5 Å². The molecule has 3 nitrogen and oxygen atoms in total. The van der Waals surface area contributed by atoms with Gasteiger partial charge in [-0.3, -0.25) is 4.90 Å². The van der Waals surface area contributed by atoms with Crippen molar-refractivity contribution in [3.05, 3.63) is 0 Å². The Morgan fingerprint density at radius 2 is 1.70 bits per heavy atom. The molecule has 3 heteroatoms. The van der Waals surface area contributed by atoms with Crippen LogP contribution in [0, 0.1) is 17.8 Å².